The van der Waals surface area contributed by atoms with Gasteiger partial charge in [-0.2, -0.15) is 0 Å². The zero-order chi connectivity index (χ0) is 15.2. The molecule has 0 saturated carbocycles. The SMILES string of the molecule is Cc1ccc([N+](=O)[O-])c(OCc2ccc(C#CCN)s2)c1. The van der Waals surface area contributed by atoms with Crippen molar-refractivity contribution >= 4 is 17.0 Å². The Morgan fingerprint density at radius 3 is 2.90 bits per heavy atom. The van der Waals surface area contributed by atoms with Gasteiger partial charge in [0.25, 0.3) is 0 Å². The quantitative estimate of drug-likeness (QED) is 0.535. The van der Waals surface area contributed by atoms with Crippen LogP contribution >= 0.6 is 11.3 Å². The van der Waals surface area contributed by atoms with E-state index in [0.717, 1.165) is 15.3 Å². The van der Waals surface area contributed by atoms with Gasteiger partial charge in [-0.25, -0.2) is 0 Å². The maximum Gasteiger partial charge on any atom is 0.310 e. The van der Waals surface area contributed by atoms with Gasteiger partial charge in [-0.15, -0.1) is 11.3 Å². The number of benzene rings is 1. The molecule has 21 heavy (non-hydrogen) atoms. The van der Waals surface area contributed by atoms with Crippen molar-refractivity contribution in [1.29, 1.82) is 0 Å². The van der Waals surface area contributed by atoms with E-state index in [9.17, 15) is 10.1 Å². The van der Waals surface area contributed by atoms with Crippen LogP contribution in [0.25, 0.3) is 0 Å². The van der Waals surface area contributed by atoms with Crippen LogP contribution < -0.4 is 10.5 Å². The zero-order valence-corrected chi connectivity index (χ0v) is 12.3. The topological polar surface area (TPSA) is 78.4 Å². The molecule has 1 heterocycles. The number of ether oxygens (including phenoxy) is 1. The number of nitrogens with zero attached hydrogens (tertiary/aromatic N) is 1. The number of hydrogen-bond donors (Lipinski definition) is 1. The summed E-state index contributed by atoms with van der Waals surface area (Å²) >= 11 is 1.49. The molecule has 2 N–H and O–H groups in total. The summed E-state index contributed by atoms with van der Waals surface area (Å²) in [6.07, 6.45) is 0. The number of nitro groups is 1. The summed E-state index contributed by atoms with van der Waals surface area (Å²) in [6.45, 7) is 2.46. The Bertz CT molecular complexity index is 713. The van der Waals surface area contributed by atoms with Crippen LogP contribution in [0.15, 0.2) is 30.3 Å². The highest BCUT2D eigenvalue weighted by Crippen LogP contribution is 2.29. The van der Waals surface area contributed by atoms with Gasteiger partial charge in [0, 0.05) is 10.9 Å². The second-order valence-corrected chi connectivity index (χ2v) is 5.46. The second kappa shape index (κ2) is 6.88. The fourth-order valence-electron chi connectivity index (χ4n) is 1.70. The Morgan fingerprint density at radius 1 is 1.38 bits per heavy atom. The lowest BCUT2D eigenvalue weighted by Gasteiger charge is -2.06. The fourth-order valence-corrected chi connectivity index (χ4v) is 2.49. The van der Waals surface area contributed by atoms with Crippen molar-refractivity contribution in [3.05, 3.63) is 55.8 Å². The van der Waals surface area contributed by atoms with E-state index in [1.165, 1.54) is 17.4 Å². The summed E-state index contributed by atoms with van der Waals surface area (Å²) in [4.78, 5) is 12.4. The zero-order valence-electron chi connectivity index (χ0n) is 11.5. The van der Waals surface area contributed by atoms with Crippen molar-refractivity contribution in [2.24, 2.45) is 5.73 Å². The van der Waals surface area contributed by atoms with Gasteiger partial charge in [-0.05, 0) is 30.7 Å². The van der Waals surface area contributed by atoms with Gasteiger partial charge in [0.1, 0.15) is 6.61 Å². The summed E-state index contributed by atoms with van der Waals surface area (Å²) < 4.78 is 5.58. The molecule has 0 radical (unpaired) electrons. The smallest absolute Gasteiger partial charge is 0.310 e. The van der Waals surface area contributed by atoms with Crippen molar-refractivity contribution in [3.8, 4) is 17.6 Å². The molecule has 2 rings (SSSR count). The van der Waals surface area contributed by atoms with Crippen LogP contribution in [-0.4, -0.2) is 11.5 Å². The summed E-state index contributed by atoms with van der Waals surface area (Å²) in [7, 11) is 0. The van der Waals surface area contributed by atoms with Crippen LogP contribution in [0.2, 0.25) is 0 Å². The molecule has 0 bridgehead atoms. The molecule has 5 nitrogen and oxygen atoms in total. The molecular weight excluding hydrogens is 288 g/mol. The number of aryl methyl sites for hydroxylation is 1. The monoisotopic (exact) mass is 302 g/mol. The Balaban J connectivity index is 2.11. The molecule has 0 spiro atoms. The van der Waals surface area contributed by atoms with Crippen molar-refractivity contribution in [2.75, 3.05) is 6.54 Å². The highest BCUT2D eigenvalue weighted by atomic mass is 32.1. The molecule has 0 fully saturated rings. The van der Waals surface area contributed by atoms with Crippen molar-refractivity contribution in [2.45, 2.75) is 13.5 Å². The van der Waals surface area contributed by atoms with Crippen LogP contribution in [0, 0.1) is 28.9 Å². The number of nitrogens with two attached hydrogens (primary N) is 1. The molecule has 0 saturated heterocycles. The third kappa shape index (κ3) is 4.05. The van der Waals surface area contributed by atoms with Crippen molar-refractivity contribution < 1.29 is 9.66 Å². The predicted octanol–water partition coefficient (Wildman–Crippen LogP) is 2.85. The highest BCUT2D eigenvalue weighted by molar-refractivity contribution is 7.12. The van der Waals surface area contributed by atoms with E-state index < -0.39 is 4.92 Å². The van der Waals surface area contributed by atoms with Crippen LogP contribution in [-0.2, 0) is 6.61 Å². The molecule has 1 aromatic heterocycles. The van der Waals surface area contributed by atoms with Gasteiger partial charge >= 0.3 is 5.69 Å². The minimum absolute atomic E-state index is 0.0275. The van der Waals surface area contributed by atoms with Gasteiger partial charge in [0.15, 0.2) is 5.75 Å². The Hall–Kier alpha value is -2.36. The normalized spacial score (nSPS) is 9.81. The van der Waals surface area contributed by atoms with Gasteiger partial charge in [-0.1, -0.05) is 17.9 Å². The molecule has 0 unspecified atom stereocenters. The molecule has 2 aromatic rings. The maximum absolute atomic E-state index is 11.0. The van der Waals surface area contributed by atoms with Crippen LogP contribution in [0.4, 0.5) is 5.69 Å². The number of thiophene rings is 1. The highest BCUT2D eigenvalue weighted by Gasteiger charge is 2.15. The minimum Gasteiger partial charge on any atom is -0.481 e. The van der Waals surface area contributed by atoms with E-state index in [0.29, 0.717) is 6.54 Å². The van der Waals surface area contributed by atoms with E-state index in [1.54, 1.807) is 12.1 Å². The molecule has 0 amide bonds. The van der Waals surface area contributed by atoms with Gasteiger partial charge in [-0.3, -0.25) is 10.1 Å². The lowest BCUT2D eigenvalue weighted by Crippen LogP contribution is -1.98. The molecule has 0 aliphatic heterocycles. The average Bonchev–Trinajstić information content (AvgIpc) is 2.90. The molecule has 0 atom stereocenters. The van der Waals surface area contributed by atoms with Crippen LogP contribution in [0.1, 0.15) is 15.3 Å². The van der Waals surface area contributed by atoms with Crippen molar-refractivity contribution in [3.63, 3.8) is 0 Å². The average molecular weight is 302 g/mol. The third-order valence-electron chi connectivity index (χ3n) is 2.66. The first kappa shape index (κ1) is 15.0. The Kier molecular flexibility index (Phi) is 4.93. The molecule has 108 valence electrons. The first-order chi connectivity index (χ1) is 10.1. The summed E-state index contributed by atoms with van der Waals surface area (Å²) in [5.74, 6) is 6.00. The number of hydrogen-bond acceptors (Lipinski definition) is 5. The first-order valence-electron chi connectivity index (χ1n) is 6.25. The minimum atomic E-state index is -0.443. The van der Waals surface area contributed by atoms with Gasteiger partial charge in [0.05, 0.1) is 16.3 Å². The van der Waals surface area contributed by atoms with Crippen molar-refractivity contribution in [1.82, 2.24) is 0 Å². The summed E-state index contributed by atoms with van der Waals surface area (Å²) in [5.41, 5.74) is 6.21. The largest absolute Gasteiger partial charge is 0.481 e. The lowest BCUT2D eigenvalue weighted by atomic mass is 10.2. The number of rotatable bonds is 4. The molecule has 1 aromatic carbocycles. The number of nitro benzene ring substituents is 1. The molecule has 6 heteroatoms. The standard InChI is InChI=1S/C15H14N2O3S/c1-11-4-7-14(17(18)19)15(9-11)20-10-13-6-5-12(21-13)3-2-8-16/h4-7,9H,8,10,16H2,1H3. The van der Waals surface area contributed by atoms with E-state index >= 15 is 0 Å². The Morgan fingerprint density at radius 2 is 2.19 bits per heavy atom. The second-order valence-electron chi connectivity index (χ2n) is 4.29. The molecule has 0 aliphatic rings. The van der Waals surface area contributed by atoms with Crippen LogP contribution in [0.5, 0.6) is 5.75 Å². The predicted molar refractivity (Wildman–Crippen MR) is 82.4 cm³/mol. The fraction of sp³-hybridized carbons (Fsp3) is 0.200. The lowest BCUT2D eigenvalue weighted by molar-refractivity contribution is -0.385. The summed E-state index contributed by atoms with van der Waals surface area (Å²) in [5, 5.41) is 11.0. The van der Waals surface area contributed by atoms with Gasteiger partial charge in [0.2, 0.25) is 0 Å². The Labute approximate surface area is 126 Å². The third-order valence-corrected chi connectivity index (χ3v) is 3.63. The van der Waals surface area contributed by atoms with Crippen LogP contribution in [0.3, 0.4) is 0 Å². The maximum atomic E-state index is 11.0. The van der Waals surface area contributed by atoms with Gasteiger partial charge < -0.3 is 10.5 Å². The van der Waals surface area contributed by atoms with E-state index in [2.05, 4.69) is 11.8 Å². The summed E-state index contributed by atoms with van der Waals surface area (Å²) in [6, 6.07) is 8.60. The first-order valence-corrected chi connectivity index (χ1v) is 7.07. The van der Waals surface area contributed by atoms with E-state index in [4.69, 9.17) is 10.5 Å². The molecule has 0 aliphatic carbocycles. The van der Waals surface area contributed by atoms with E-state index in [1.807, 2.05) is 19.1 Å². The van der Waals surface area contributed by atoms with E-state index in [-0.39, 0.29) is 18.0 Å². The molecular formula is C15H14N2O3S.